The molecule has 138 valence electrons. The van der Waals surface area contributed by atoms with E-state index in [1.165, 1.54) is 29.5 Å². The molecule has 0 atom stereocenters. The van der Waals surface area contributed by atoms with Gasteiger partial charge in [-0.2, -0.15) is 0 Å². The van der Waals surface area contributed by atoms with Crippen LogP contribution in [0.2, 0.25) is 0 Å². The van der Waals surface area contributed by atoms with Crippen molar-refractivity contribution in [3.8, 4) is 16.9 Å². The molecular weight excluding hydrogens is 318 g/mol. The number of hydrogen-bond acceptors (Lipinski definition) is 2. The van der Waals surface area contributed by atoms with Crippen molar-refractivity contribution in [3.63, 3.8) is 0 Å². The molecule has 1 aliphatic rings. The van der Waals surface area contributed by atoms with Crippen molar-refractivity contribution in [2.24, 2.45) is 0 Å². The van der Waals surface area contributed by atoms with Crippen LogP contribution in [0.1, 0.15) is 76.8 Å². The van der Waals surface area contributed by atoms with Crippen LogP contribution in [0.3, 0.4) is 0 Å². The molecule has 0 aliphatic heterocycles. The molecule has 3 rings (SSSR count). The lowest BCUT2D eigenvalue weighted by Gasteiger charge is -2.22. The molecule has 0 bridgehead atoms. The minimum absolute atomic E-state index is 0.0983. The lowest BCUT2D eigenvalue weighted by atomic mass is 9.84. The van der Waals surface area contributed by atoms with Crippen molar-refractivity contribution < 1.29 is 4.74 Å². The van der Waals surface area contributed by atoms with E-state index in [0.717, 1.165) is 29.1 Å². The monoisotopic (exact) mass is 349 g/mol. The van der Waals surface area contributed by atoms with Crippen LogP contribution in [0.5, 0.6) is 5.75 Å². The number of pyridine rings is 1. The average molecular weight is 350 g/mol. The van der Waals surface area contributed by atoms with Crippen molar-refractivity contribution in [1.29, 1.82) is 0 Å². The predicted octanol–water partition coefficient (Wildman–Crippen LogP) is 6.75. The summed E-state index contributed by atoms with van der Waals surface area (Å²) < 4.78 is 5.69. The highest BCUT2D eigenvalue weighted by Crippen LogP contribution is 2.39. The van der Waals surface area contributed by atoms with Crippen molar-refractivity contribution in [1.82, 2.24) is 4.98 Å². The Labute approximate surface area is 158 Å². The number of ether oxygens (including phenoxy) is 1. The van der Waals surface area contributed by atoms with Crippen LogP contribution in [0.4, 0.5) is 0 Å². The van der Waals surface area contributed by atoms with Gasteiger partial charge in [0.15, 0.2) is 0 Å². The van der Waals surface area contributed by atoms with Gasteiger partial charge in [0.25, 0.3) is 0 Å². The van der Waals surface area contributed by atoms with Crippen LogP contribution in [0, 0.1) is 0 Å². The van der Waals surface area contributed by atoms with E-state index in [2.05, 4.69) is 71.0 Å². The molecule has 0 amide bonds. The summed E-state index contributed by atoms with van der Waals surface area (Å²) in [6.45, 7) is 11.2. The molecule has 0 fully saturated rings. The fourth-order valence-corrected chi connectivity index (χ4v) is 3.61. The zero-order valence-electron chi connectivity index (χ0n) is 17.0. The summed E-state index contributed by atoms with van der Waals surface area (Å²) in [6.07, 6.45) is 5.91. The number of rotatable bonds is 4. The summed E-state index contributed by atoms with van der Waals surface area (Å²) in [5.74, 6) is 1.27. The minimum atomic E-state index is 0.0983. The second-order valence-corrected chi connectivity index (χ2v) is 8.57. The van der Waals surface area contributed by atoms with E-state index >= 15 is 0 Å². The third-order valence-electron chi connectivity index (χ3n) is 5.20. The van der Waals surface area contributed by atoms with Crippen LogP contribution in [-0.4, -0.2) is 12.1 Å². The highest BCUT2D eigenvalue weighted by atomic mass is 16.5. The van der Waals surface area contributed by atoms with Gasteiger partial charge in [-0.3, -0.25) is 4.98 Å². The smallest absolute Gasteiger partial charge is 0.126 e. The van der Waals surface area contributed by atoms with E-state index in [9.17, 15) is 0 Å². The summed E-state index contributed by atoms with van der Waals surface area (Å²) in [6, 6.07) is 11.0. The van der Waals surface area contributed by atoms with Crippen LogP contribution in [0.25, 0.3) is 16.7 Å². The van der Waals surface area contributed by atoms with Gasteiger partial charge in [-0.25, -0.2) is 0 Å². The zero-order chi connectivity index (χ0) is 18.9. The molecule has 2 aromatic rings. The first kappa shape index (κ1) is 18.7. The molecule has 2 heteroatoms. The second kappa shape index (κ2) is 7.26. The number of hydrogen-bond donors (Lipinski definition) is 0. The van der Waals surface area contributed by atoms with Crippen molar-refractivity contribution >= 4 is 5.57 Å². The maximum atomic E-state index is 5.69. The Morgan fingerprint density at radius 1 is 1.04 bits per heavy atom. The predicted molar refractivity (Wildman–Crippen MR) is 111 cm³/mol. The SMILES string of the molecule is COc1ccc(C(C)(C)C)cc1-c1ccc(C2=CCCC2)nc1C(C)C. The second-order valence-electron chi connectivity index (χ2n) is 8.57. The molecule has 0 radical (unpaired) electrons. The Bertz CT molecular complexity index is 825. The molecule has 0 saturated heterocycles. The Balaban J connectivity index is 2.16. The fraction of sp³-hybridized carbons (Fsp3) is 0.458. The van der Waals surface area contributed by atoms with Gasteiger partial charge < -0.3 is 4.74 Å². The molecule has 1 aromatic carbocycles. The zero-order valence-corrected chi connectivity index (χ0v) is 17.0. The molecule has 0 unspecified atom stereocenters. The van der Waals surface area contributed by atoms with Gasteiger partial charge in [-0.05, 0) is 59.9 Å². The van der Waals surface area contributed by atoms with E-state index in [-0.39, 0.29) is 5.41 Å². The topological polar surface area (TPSA) is 22.1 Å². The Kier molecular flexibility index (Phi) is 5.22. The molecule has 1 aromatic heterocycles. The largest absolute Gasteiger partial charge is 0.496 e. The van der Waals surface area contributed by atoms with E-state index in [1.807, 2.05) is 0 Å². The summed E-state index contributed by atoms with van der Waals surface area (Å²) in [4.78, 5) is 5.07. The highest BCUT2D eigenvalue weighted by molar-refractivity contribution is 5.76. The molecule has 2 nitrogen and oxygen atoms in total. The lowest BCUT2D eigenvalue weighted by molar-refractivity contribution is 0.416. The molecule has 0 N–H and O–H groups in total. The van der Waals surface area contributed by atoms with Crippen LogP contribution < -0.4 is 4.74 Å². The van der Waals surface area contributed by atoms with Gasteiger partial charge in [0.05, 0.1) is 18.5 Å². The van der Waals surface area contributed by atoms with Gasteiger partial charge >= 0.3 is 0 Å². The first-order chi connectivity index (χ1) is 12.3. The molecule has 0 saturated carbocycles. The Hall–Kier alpha value is -2.09. The van der Waals surface area contributed by atoms with Gasteiger partial charge in [0, 0.05) is 11.1 Å². The maximum Gasteiger partial charge on any atom is 0.126 e. The summed E-state index contributed by atoms with van der Waals surface area (Å²) >= 11 is 0. The Morgan fingerprint density at radius 3 is 2.38 bits per heavy atom. The summed E-state index contributed by atoms with van der Waals surface area (Å²) in [7, 11) is 1.75. The molecular formula is C24H31NO. The number of nitrogens with zero attached hydrogens (tertiary/aromatic N) is 1. The fourth-order valence-electron chi connectivity index (χ4n) is 3.61. The van der Waals surface area contributed by atoms with Gasteiger partial charge in [0.1, 0.15) is 5.75 Å². The van der Waals surface area contributed by atoms with E-state index in [0.29, 0.717) is 5.92 Å². The average Bonchev–Trinajstić information content (AvgIpc) is 3.14. The summed E-state index contributed by atoms with van der Waals surface area (Å²) in [5, 5.41) is 0. The first-order valence-electron chi connectivity index (χ1n) is 9.70. The molecule has 1 aliphatic carbocycles. The van der Waals surface area contributed by atoms with Crippen LogP contribution >= 0.6 is 0 Å². The van der Waals surface area contributed by atoms with E-state index in [4.69, 9.17) is 9.72 Å². The molecule has 26 heavy (non-hydrogen) atoms. The highest BCUT2D eigenvalue weighted by Gasteiger charge is 2.20. The first-order valence-corrected chi connectivity index (χ1v) is 9.70. The number of aromatic nitrogens is 1. The Morgan fingerprint density at radius 2 is 1.81 bits per heavy atom. The lowest BCUT2D eigenvalue weighted by Crippen LogP contribution is -2.11. The number of benzene rings is 1. The van der Waals surface area contributed by atoms with E-state index in [1.54, 1.807) is 7.11 Å². The van der Waals surface area contributed by atoms with Crippen molar-refractivity contribution in [2.75, 3.05) is 7.11 Å². The molecule has 0 spiro atoms. The van der Waals surface area contributed by atoms with E-state index < -0.39 is 0 Å². The minimum Gasteiger partial charge on any atom is -0.496 e. The maximum absolute atomic E-state index is 5.69. The van der Waals surface area contributed by atoms with Gasteiger partial charge in [-0.15, -0.1) is 0 Å². The normalized spacial score (nSPS) is 14.7. The van der Waals surface area contributed by atoms with Crippen molar-refractivity contribution in [2.45, 2.75) is 65.2 Å². The standard InChI is InChI=1S/C24H31NO/c1-16(2)23-19(12-13-21(25-23)17-9-7-8-10-17)20-15-18(24(3,4)5)11-14-22(20)26-6/h9,11-16H,7-8,10H2,1-6H3. The van der Waals surface area contributed by atoms with Gasteiger partial charge in [-0.1, -0.05) is 52.8 Å². The molecule has 1 heterocycles. The quantitative estimate of drug-likeness (QED) is 0.609. The van der Waals surface area contributed by atoms with Crippen LogP contribution in [0.15, 0.2) is 36.4 Å². The van der Waals surface area contributed by atoms with Crippen LogP contribution in [-0.2, 0) is 5.41 Å². The third-order valence-corrected chi connectivity index (χ3v) is 5.20. The number of allylic oxidation sites excluding steroid dienone is 2. The third kappa shape index (κ3) is 3.70. The van der Waals surface area contributed by atoms with Crippen molar-refractivity contribution in [3.05, 3.63) is 53.4 Å². The summed E-state index contributed by atoms with van der Waals surface area (Å²) in [5.41, 5.74) is 7.43. The van der Waals surface area contributed by atoms with Gasteiger partial charge in [0.2, 0.25) is 0 Å². The number of methoxy groups -OCH3 is 1.